The molecule has 1 aromatic heterocycles. The van der Waals surface area contributed by atoms with Gasteiger partial charge >= 0.3 is 0 Å². The maximum absolute atomic E-state index is 4.23. The monoisotopic (exact) mass is 221 g/mol. The van der Waals surface area contributed by atoms with Crippen molar-refractivity contribution in [3.05, 3.63) is 18.2 Å². The van der Waals surface area contributed by atoms with Gasteiger partial charge in [0.15, 0.2) is 0 Å². The Morgan fingerprint density at radius 1 is 1.38 bits per heavy atom. The second-order valence-electron chi connectivity index (χ2n) is 4.81. The van der Waals surface area contributed by atoms with E-state index in [1.165, 1.54) is 38.5 Å². The van der Waals surface area contributed by atoms with Gasteiger partial charge in [0.1, 0.15) is 5.82 Å². The fourth-order valence-electron chi connectivity index (χ4n) is 2.50. The number of nitrogens with zero attached hydrogens (tertiary/aromatic N) is 2. The molecule has 0 spiro atoms. The van der Waals surface area contributed by atoms with Gasteiger partial charge < -0.3 is 9.88 Å². The SMILES string of the molecule is Cc1nccn1CCCNC1CCCCC1. The van der Waals surface area contributed by atoms with Crippen LogP contribution in [0.2, 0.25) is 0 Å². The van der Waals surface area contributed by atoms with Gasteiger partial charge in [0.2, 0.25) is 0 Å². The number of hydrogen-bond donors (Lipinski definition) is 1. The van der Waals surface area contributed by atoms with Crippen molar-refractivity contribution in [1.82, 2.24) is 14.9 Å². The number of rotatable bonds is 5. The van der Waals surface area contributed by atoms with E-state index < -0.39 is 0 Å². The molecule has 3 heteroatoms. The van der Waals surface area contributed by atoms with E-state index in [-0.39, 0.29) is 0 Å². The molecule has 0 amide bonds. The standard InChI is InChI=1S/C13H23N3/c1-12-14-9-11-16(12)10-5-8-15-13-6-3-2-4-7-13/h9,11,13,15H,2-8,10H2,1H3. The van der Waals surface area contributed by atoms with Crippen LogP contribution in [0.3, 0.4) is 0 Å². The van der Waals surface area contributed by atoms with Crippen molar-refractivity contribution < 1.29 is 0 Å². The second kappa shape index (κ2) is 6.04. The van der Waals surface area contributed by atoms with E-state index in [0.29, 0.717) is 0 Å². The zero-order chi connectivity index (χ0) is 11.2. The molecule has 1 saturated carbocycles. The molecule has 1 aliphatic rings. The van der Waals surface area contributed by atoms with Crippen molar-refractivity contribution in [2.45, 2.75) is 58.0 Å². The van der Waals surface area contributed by atoms with Gasteiger partial charge in [0, 0.05) is 25.0 Å². The molecule has 3 nitrogen and oxygen atoms in total. The van der Waals surface area contributed by atoms with Crippen LogP contribution in [0.25, 0.3) is 0 Å². The molecule has 0 saturated heterocycles. The van der Waals surface area contributed by atoms with E-state index in [0.717, 1.165) is 25.0 Å². The molecular formula is C13H23N3. The molecule has 1 aromatic rings. The normalized spacial score (nSPS) is 17.8. The van der Waals surface area contributed by atoms with Crippen LogP contribution in [0, 0.1) is 6.92 Å². The smallest absolute Gasteiger partial charge is 0.105 e. The topological polar surface area (TPSA) is 29.9 Å². The summed E-state index contributed by atoms with van der Waals surface area (Å²) in [5.41, 5.74) is 0. The average Bonchev–Trinajstić information content (AvgIpc) is 2.72. The van der Waals surface area contributed by atoms with Crippen LogP contribution < -0.4 is 5.32 Å². The first-order valence-corrected chi connectivity index (χ1v) is 6.57. The number of nitrogens with one attached hydrogen (secondary N) is 1. The van der Waals surface area contributed by atoms with Crippen LogP contribution >= 0.6 is 0 Å². The van der Waals surface area contributed by atoms with Gasteiger partial charge in [0.25, 0.3) is 0 Å². The van der Waals surface area contributed by atoms with Crippen molar-refractivity contribution in [2.75, 3.05) is 6.54 Å². The molecule has 0 aromatic carbocycles. The predicted molar refractivity (Wildman–Crippen MR) is 66.5 cm³/mol. The summed E-state index contributed by atoms with van der Waals surface area (Å²) < 4.78 is 2.22. The van der Waals surface area contributed by atoms with Crippen molar-refractivity contribution in [1.29, 1.82) is 0 Å². The highest BCUT2D eigenvalue weighted by Gasteiger charge is 2.11. The van der Waals surface area contributed by atoms with Crippen molar-refractivity contribution in [3.8, 4) is 0 Å². The first-order chi connectivity index (χ1) is 7.86. The van der Waals surface area contributed by atoms with E-state index in [1.54, 1.807) is 0 Å². The Morgan fingerprint density at radius 3 is 2.88 bits per heavy atom. The van der Waals surface area contributed by atoms with Gasteiger partial charge in [-0.05, 0) is 32.7 Å². The molecule has 0 radical (unpaired) electrons. The Bertz CT molecular complexity index is 300. The molecule has 0 bridgehead atoms. The molecule has 0 unspecified atom stereocenters. The van der Waals surface area contributed by atoms with Gasteiger partial charge in [-0.1, -0.05) is 19.3 Å². The van der Waals surface area contributed by atoms with Gasteiger partial charge in [0.05, 0.1) is 0 Å². The van der Waals surface area contributed by atoms with Gasteiger partial charge in [-0.3, -0.25) is 0 Å². The summed E-state index contributed by atoms with van der Waals surface area (Å²) in [6.07, 6.45) is 12.2. The lowest BCUT2D eigenvalue weighted by Gasteiger charge is -2.22. The van der Waals surface area contributed by atoms with Crippen LogP contribution in [0.15, 0.2) is 12.4 Å². The lowest BCUT2D eigenvalue weighted by molar-refractivity contribution is 0.368. The maximum atomic E-state index is 4.23. The summed E-state index contributed by atoms with van der Waals surface area (Å²) in [7, 11) is 0. The first-order valence-electron chi connectivity index (χ1n) is 6.57. The van der Waals surface area contributed by atoms with Crippen LogP contribution in [0.1, 0.15) is 44.3 Å². The molecule has 16 heavy (non-hydrogen) atoms. The zero-order valence-electron chi connectivity index (χ0n) is 10.3. The first kappa shape index (κ1) is 11.6. The summed E-state index contributed by atoms with van der Waals surface area (Å²) in [5.74, 6) is 1.12. The Hall–Kier alpha value is -0.830. The highest BCUT2D eigenvalue weighted by molar-refractivity contribution is 4.88. The Balaban J connectivity index is 1.59. The van der Waals surface area contributed by atoms with E-state index in [1.807, 2.05) is 6.20 Å². The third-order valence-corrected chi connectivity index (χ3v) is 3.54. The Morgan fingerprint density at radius 2 is 2.19 bits per heavy atom. The van der Waals surface area contributed by atoms with E-state index in [4.69, 9.17) is 0 Å². The van der Waals surface area contributed by atoms with E-state index in [2.05, 4.69) is 28.0 Å². The second-order valence-corrected chi connectivity index (χ2v) is 4.81. The van der Waals surface area contributed by atoms with Crippen molar-refractivity contribution in [3.63, 3.8) is 0 Å². The molecule has 1 heterocycles. The van der Waals surface area contributed by atoms with E-state index >= 15 is 0 Å². The van der Waals surface area contributed by atoms with Crippen molar-refractivity contribution in [2.24, 2.45) is 0 Å². The average molecular weight is 221 g/mol. The quantitative estimate of drug-likeness (QED) is 0.774. The van der Waals surface area contributed by atoms with Crippen LogP contribution in [-0.4, -0.2) is 22.1 Å². The minimum absolute atomic E-state index is 0.789. The molecule has 2 rings (SSSR count). The summed E-state index contributed by atoms with van der Waals surface area (Å²) >= 11 is 0. The molecular weight excluding hydrogens is 198 g/mol. The summed E-state index contributed by atoms with van der Waals surface area (Å²) in [6.45, 7) is 4.29. The molecule has 90 valence electrons. The van der Waals surface area contributed by atoms with Crippen molar-refractivity contribution >= 4 is 0 Å². The minimum atomic E-state index is 0.789. The van der Waals surface area contributed by atoms with Crippen LogP contribution in [-0.2, 0) is 6.54 Å². The van der Waals surface area contributed by atoms with E-state index in [9.17, 15) is 0 Å². The number of hydrogen-bond acceptors (Lipinski definition) is 2. The summed E-state index contributed by atoms with van der Waals surface area (Å²) in [6, 6.07) is 0.789. The lowest BCUT2D eigenvalue weighted by Crippen LogP contribution is -2.32. The Labute approximate surface area is 98.3 Å². The lowest BCUT2D eigenvalue weighted by atomic mass is 9.95. The molecule has 1 fully saturated rings. The number of aryl methyl sites for hydroxylation is 2. The number of imidazole rings is 1. The fraction of sp³-hybridized carbons (Fsp3) is 0.769. The highest BCUT2D eigenvalue weighted by Crippen LogP contribution is 2.17. The third-order valence-electron chi connectivity index (χ3n) is 3.54. The Kier molecular flexibility index (Phi) is 4.40. The fourth-order valence-corrected chi connectivity index (χ4v) is 2.50. The third kappa shape index (κ3) is 3.34. The largest absolute Gasteiger partial charge is 0.335 e. The predicted octanol–water partition coefficient (Wildman–Crippen LogP) is 2.50. The summed E-state index contributed by atoms with van der Waals surface area (Å²) in [5, 5.41) is 3.67. The molecule has 0 aliphatic heterocycles. The number of aromatic nitrogens is 2. The van der Waals surface area contributed by atoms with Gasteiger partial charge in [-0.25, -0.2) is 4.98 Å². The van der Waals surface area contributed by atoms with Gasteiger partial charge in [-0.2, -0.15) is 0 Å². The highest BCUT2D eigenvalue weighted by atomic mass is 15.1. The maximum Gasteiger partial charge on any atom is 0.105 e. The van der Waals surface area contributed by atoms with Crippen LogP contribution in [0.4, 0.5) is 0 Å². The summed E-state index contributed by atoms with van der Waals surface area (Å²) in [4.78, 5) is 4.23. The molecule has 1 N–H and O–H groups in total. The van der Waals surface area contributed by atoms with Gasteiger partial charge in [-0.15, -0.1) is 0 Å². The molecule has 0 atom stereocenters. The zero-order valence-corrected chi connectivity index (χ0v) is 10.3. The van der Waals surface area contributed by atoms with Crippen LogP contribution in [0.5, 0.6) is 0 Å². The molecule has 1 aliphatic carbocycles. The minimum Gasteiger partial charge on any atom is -0.335 e.